The van der Waals surface area contributed by atoms with Crippen LogP contribution in [0.15, 0.2) is 35.5 Å². The van der Waals surface area contributed by atoms with Crippen molar-refractivity contribution in [2.75, 3.05) is 14.2 Å². The molecule has 0 radical (unpaired) electrons. The second-order valence-corrected chi connectivity index (χ2v) is 8.41. The first kappa shape index (κ1) is 21.0. The monoisotopic (exact) mass is 447 g/mol. The number of oxime groups is 1. The topological polar surface area (TPSA) is 104 Å². The van der Waals surface area contributed by atoms with Crippen molar-refractivity contribution in [1.82, 2.24) is 19.1 Å². The second-order valence-electron chi connectivity index (χ2n) is 8.41. The molecular weight excluding hydrogens is 422 g/mol. The summed E-state index contributed by atoms with van der Waals surface area (Å²) in [6.45, 7) is 2.55. The summed E-state index contributed by atoms with van der Waals surface area (Å²) < 4.78 is 14.6. The molecule has 1 N–H and O–H groups in total. The number of aromatic nitrogens is 4. The van der Waals surface area contributed by atoms with E-state index in [0.717, 1.165) is 34.6 Å². The number of rotatable bonds is 6. The molecular formula is C24H25N5O4. The molecule has 3 heterocycles. The van der Waals surface area contributed by atoms with Gasteiger partial charge >= 0.3 is 5.97 Å². The third-order valence-electron chi connectivity index (χ3n) is 6.21. The molecule has 33 heavy (non-hydrogen) atoms. The highest BCUT2D eigenvalue weighted by atomic mass is 16.5. The molecule has 0 unspecified atom stereocenters. The van der Waals surface area contributed by atoms with Gasteiger partial charge in [0.15, 0.2) is 5.82 Å². The van der Waals surface area contributed by atoms with Gasteiger partial charge in [-0.1, -0.05) is 5.16 Å². The molecule has 0 spiro atoms. The Hall–Kier alpha value is -3.88. The Balaban J connectivity index is 1.75. The van der Waals surface area contributed by atoms with Crippen LogP contribution in [0.5, 0.6) is 5.75 Å². The van der Waals surface area contributed by atoms with E-state index in [4.69, 9.17) is 19.4 Å². The van der Waals surface area contributed by atoms with Crippen molar-refractivity contribution in [3.8, 4) is 17.3 Å². The van der Waals surface area contributed by atoms with Crippen molar-refractivity contribution in [3.05, 3.63) is 41.6 Å². The summed E-state index contributed by atoms with van der Waals surface area (Å²) in [5, 5.41) is 13.5. The van der Waals surface area contributed by atoms with Gasteiger partial charge in [0.1, 0.15) is 22.6 Å². The van der Waals surface area contributed by atoms with E-state index >= 15 is 0 Å². The Morgan fingerprint density at radius 3 is 2.67 bits per heavy atom. The molecule has 1 saturated carbocycles. The highest BCUT2D eigenvalue weighted by molar-refractivity contribution is 5.99. The number of methoxy groups -OCH3 is 2. The van der Waals surface area contributed by atoms with E-state index in [2.05, 4.69) is 15.8 Å². The number of hydrogen-bond donors (Lipinski definition) is 1. The van der Waals surface area contributed by atoms with Crippen LogP contribution in [0.25, 0.3) is 33.6 Å². The Morgan fingerprint density at radius 1 is 1.21 bits per heavy atom. The zero-order valence-electron chi connectivity index (χ0n) is 19.0. The molecule has 1 aliphatic rings. The first-order chi connectivity index (χ1) is 15.9. The van der Waals surface area contributed by atoms with E-state index in [0.29, 0.717) is 34.2 Å². The summed E-state index contributed by atoms with van der Waals surface area (Å²) >= 11 is 0. The van der Waals surface area contributed by atoms with Crippen LogP contribution in [0.2, 0.25) is 0 Å². The SMILES string of the molecule is COC(=O)c1cc(OC)c2c(c1)nc(-c1cc3ccc(C(C)=NO)nc3n1CC1CC1)n2C. The van der Waals surface area contributed by atoms with Crippen molar-refractivity contribution >= 4 is 33.7 Å². The van der Waals surface area contributed by atoms with E-state index < -0.39 is 5.97 Å². The molecule has 170 valence electrons. The molecule has 3 aromatic heterocycles. The van der Waals surface area contributed by atoms with E-state index in [9.17, 15) is 10.0 Å². The van der Waals surface area contributed by atoms with Crippen LogP contribution in [0.4, 0.5) is 0 Å². The number of hydrogen-bond acceptors (Lipinski definition) is 7. The quantitative estimate of drug-likeness (QED) is 0.207. The first-order valence-corrected chi connectivity index (χ1v) is 10.8. The van der Waals surface area contributed by atoms with Gasteiger partial charge in [0.2, 0.25) is 0 Å². The van der Waals surface area contributed by atoms with Crippen LogP contribution in [-0.4, -0.2) is 50.2 Å². The fraction of sp³-hybridized carbons (Fsp3) is 0.333. The maximum absolute atomic E-state index is 12.1. The average molecular weight is 447 g/mol. The Labute approximate surface area is 190 Å². The minimum Gasteiger partial charge on any atom is -0.494 e. The van der Waals surface area contributed by atoms with Crippen molar-refractivity contribution in [1.29, 1.82) is 0 Å². The van der Waals surface area contributed by atoms with Gasteiger partial charge < -0.3 is 23.8 Å². The highest BCUT2D eigenvalue weighted by Gasteiger charge is 2.27. The third kappa shape index (κ3) is 3.49. The number of imidazole rings is 1. The number of nitrogens with zero attached hydrogens (tertiary/aromatic N) is 5. The lowest BCUT2D eigenvalue weighted by Crippen LogP contribution is -2.07. The number of carbonyl (C=O) groups is 1. The lowest BCUT2D eigenvalue weighted by molar-refractivity contribution is 0.0600. The zero-order valence-corrected chi connectivity index (χ0v) is 19.0. The second kappa shape index (κ2) is 7.91. The van der Waals surface area contributed by atoms with Gasteiger partial charge in [-0.2, -0.15) is 0 Å². The number of ether oxygens (including phenoxy) is 2. The summed E-state index contributed by atoms with van der Waals surface area (Å²) in [6, 6.07) is 9.30. The molecule has 0 saturated heterocycles. The maximum atomic E-state index is 12.1. The summed E-state index contributed by atoms with van der Waals surface area (Å²) in [7, 11) is 4.86. The average Bonchev–Trinajstić information content (AvgIpc) is 3.51. The smallest absolute Gasteiger partial charge is 0.338 e. The molecule has 0 amide bonds. The standard InChI is InChI=1S/C24H25N5O4/c1-13(27-31)17-8-7-15-10-19(29(22(15)25-17)12-14-5-6-14)23-26-18-9-16(24(30)33-4)11-20(32-3)21(18)28(23)2/h7-11,14,31H,5-6,12H2,1-4H3. The molecule has 0 atom stereocenters. The van der Waals surface area contributed by atoms with Gasteiger partial charge in [0, 0.05) is 19.0 Å². The van der Waals surface area contributed by atoms with Crippen molar-refractivity contribution in [2.24, 2.45) is 18.1 Å². The normalized spacial score (nSPS) is 14.2. The minimum atomic E-state index is -0.442. The van der Waals surface area contributed by atoms with E-state index in [1.165, 1.54) is 20.0 Å². The maximum Gasteiger partial charge on any atom is 0.338 e. The molecule has 0 aliphatic heterocycles. The summed E-state index contributed by atoms with van der Waals surface area (Å²) in [5.41, 5.74) is 4.66. The molecule has 4 aromatic rings. The van der Waals surface area contributed by atoms with Gasteiger partial charge in [0.25, 0.3) is 0 Å². The molecule has 9 heteroatoms. The molecule has 1 aliphatic carbocycles. The van der Waals surface area contributed by atoms with Crippen LogP contribution in [0.1, 0.15) is 35.8 Å². The third-order valence-corrected chi connectivity index (χ3v) is 6.21. The molecule has 0 bridgehead atoms. The zero-order chi connectivity index (χ0) is 23.3. The summed E-state index contributed by atoms with van der Waals surface area (Å²) in [4.78, 5) is 21.8. The summed E-state index contributed by atoms with van der Waals surface area (Å²) in [6.07, 6.45) is 2.38. The van der Waals surface area contributed by atoms with Crippen molar-refractivity contribution in [3.63, 3.8) is 0 Å². The first-order valence-electron chi connectivity index (χ1n) is 10.8. The van der Waals surface area contributed by atoms with Gasteiger partial charge in [-0.05, 0) is 56.0 Å². The highest BCUT2D eigenvalue weighted by Crippen LogP contribution is 2.37. The molecule has 5 rings (SSSR count). The van der Waals surface area contributed by atoms with Gasteiger partial charge in [-0.3, -0.25) is 0 Å². The Kier molecular flexibility index (Phi) is 5.03. The number of benzene rings is 1. The number of pyridine rings is 1. The lowest BCUT2D eigenvalue weighted by atomic mass is 10.2. The largest absolute Gasteiger partial charge is 0.494 e. The van der Waals surface area contributed by atoms with Crippen molar-refractivity contribution in [2.45, 2.75) is 26.3 Å². The Morgan fingerprint density at radius 2 is 2.00 bits per heavy atom. The Bertz CT molecular complexity index is 1430. The molecule has 1 fully saturated rings. The lowest BCUT2D eigenvalue weighted by Gasteiger charge is -2.11. The minimum absolute atomic E-state index is 0.384. The van der Waals surface area contributed by atoms with Crippen LogP contribution < -0.4 is 4.74 Å². The van der Waals surface area contributed by atoms with Gasteiger partial charge in [0.05, 0.1) is 36.7 Å². The van der Waals surface area contributed by atoms with Crippen LogP contribution in [0.3, 0.4) is 0 Å². The van der Waals surface area contributed by atoms with E-state index in [1.807, 2.05) is 23.7 Å². The van der Waals surface area contributed by atoms with Gasteiger partial charge in [-0.25, -0.2) is 14.8 Å². The van der Waals surface area contributed by atoms with Crippen LogP contribution in [-0.2, 0) is 18.3 Å². The van der Waals surface area contributed by atoms with E-state index in [-0.39, 0.29) is 0 Å². The molecule has 1 aromatic carbocycles. The van der Waals surface area contributed by atoms with Crippen LogP contribution in [0, 0.1) is 5.92 Å². The fourth-order valence-corrected chi connectivity index (χ4v) is 4.24. The van der Waals surface area contributed by atoms with Crippen molar-refractivity contribution < 1.29 is 19.5 Å². The van der Waals surface area contributed by atoms with Crippen LogP contribution >= 0.6 is 0 Å². The predicted octanol–water partition coefficient (Wildman–Crippen LogP) is 3.99. The number of aryl methyl sites for hydroxylation is 1. The van der Waals surface area contributed by atoms with Gasteiger partial charge in [-0.15, -0.1) is 0 Å². The fourth-order valence-electron chi connectivity index (χ4n) is 4.24. The number of carbonyl (C=O) groups excluding carboxylic acids is 1. The van der Waals surface area contributed by atoms with E-state index in [1.54, 1.807) is 26.2 Å². The number of fused-ring (bicyclic) bond motifs is 2. The predicted molar refractivity (Wildman–Crippen MR) is 124 cm³/mol. The summed E-state index contributed by atoms with van der Waals surface area (Å²) in [5.74, 6) is 1.46. The molecule has 9 nitrogen and oxygen atoms in total. The number of esters is 1.